The number of ether oxygens (including phenoxy) is 1. The first kappa shape index (κ1) is 22.9. The average molecular weight is 512 g/mol. The topological polar surface area (TPSA) is 74.8 Å². The Morgan fingerprint density at radius 1 is 1.24 bits per heavy atom. The largest absolute Gasteiger partial charge is 0.486 e. The number of halogens is 2. The summed E-state index contributed by atoms with van der Waals surface area (Å²) in [5.41, 5.74) is 1.97. The molecule has 0 saturated heterocycles. The van der Waals surface area contributed by atoms with Crippen LogP contribution in [-0.4, -0.2) is 38.1 Å². The molecule has 0 bridgehead atoms. The van der Waals surface area contributed by atoms with Gasteiger partial charge in [-0.3, -0.25) is 9.79 Å². The fourth-order valence-electron chi connectivity index (χ4n) is 3.16. The van der Waals surface area contributed by atoms with E-state index in [0.29, 0.717) is 25.5 Å². The zero-order valence-electron chi connectivity index (χ0n) is 16.4. The Bertz CT molecular complexity index is 862. The third kappa shape index (κ3) is 6.31. The average Bonchev–Trinajstić information content (AvgIpc) is 2.69. The lowest BCUT2D eigenvalue weighted by Crippen LogP contribution is -2.43. The normalized spacial score (nSPS) is 16.7. The molecule has 2 unspecified atom stereocenters. The fraction of sp³-hybridized carbons (Fsp3) is 0.333. The first-order chi connectivity index (χ1) is 13.6. The molecule has 1 amide bonds. The van der Waals surface area contributed by atoms with Gasteiger partial charge in [0, 0.05) is 31.6 Å². The summed E-state index contributed by atoms with van der Waals surface area (Å²) in [4.78, 5) is 16.1. The molecule has 0 saturated carbocycles. The number of rotatable bonds is 6. The van der Waals surface area contributed by atoms with Crippen molar-refractivity contribution in [3.63, 3.8) is 0 Å². The Balaban J connectivity index is 0.00000300. The second-order valence-electron chi connectivity index (χ2n) is 6.73. The van der Waals surface area contributed by atoms with E-state index in [9.17, 15) is 9.18 Å². The van der Waals surface area contributed by atoms with Crippen molar-refractivity contribution in [2.75, 3.05) is 25.5 Å². The number of nitrogens with zero attached hydrogens (tertiary/aromatic N) is 1. The van der Waals surface area contributed by atoms with Crippen molar-refractivity contribution in [3.05, 3.63) is 59.9 Å². The monoisotopic (exact) mass is 512 g/mol. The van der Waals surface area contributed by atoms with Gasteiger partial charge in [0.1, 0.15) is 6.10 Å². The minimum absolute atomic E-state index is 0. The molecule has 1 aliphatic heterocycles. The number of para-hydroxylation sites is 2. The highest BCUT2D eigenvalue weighted by Gasteiger charge is 2.24. The molecular formula is C21H26FIN4O2. The van der Waals surface area contributed by atoms with E-state index in [1.54, 1.807) is 25.2 Å². The predicted octanol–water partition coefficient (Wildman–Crippen LogP) is 3.50. The van der Waals surface area contributed by atoms with Crippen molar-refractivity contribution in [1.29, 1.82) is 0 Å². The molecule has 0 aliphatic carbocycles. The Morgan fingerprint density at radius 3 is 2.72 bits per heavy atom. The molecule has 156 valence electrons. The van der Waals surface area contributed by atoms with Crippen LogP contribution in [-0.2, 0) is 4.79 Å². The van der Waals surface area contributed by atoms with Gasteiger partial charge in [0.15, 0.2) is 17.5 Å². The van der Waals surface area contributed by atoms with Crippen LogP contribution in [0.25, 0.3) is 0 Å². The minimum atomic E-state index is -0.383. The van der Waals surface area contributed by atoms with E-state index in [-0.39, 0.29) is 53.5 Å². The molecule has 8 heteroatoms. The van der Waals surface area contributed by atoms with Gasteiger partial charge in [0.25, 0.3) is 0 Å². The summed E-state index contributed by atoms with van der Waals surface area (Å²) in [5.74, 6) is 0.527. The van der Waals surface area contributed by atoms with Gasteiger partial charge >= 0.3 is 0 Å². The number of nitrogens with one attached hydrogen (secondary N) is 3. The number of aliphatic imine (C=N–C) groups is 1. The molecule has 0 spiro atoms. The summed E-state index contributed by atoms with van der Waals surface area (Å²) in [7, 11) is 1.68. The maximum atomic E-state index is 13.7. The summed E-state index contributed by atoms with van der Waals surface area (Å²) < 4.78 is 19.3. The molecule has 1 aliphatic rings. The number of benzene rings is 2. The van der Waals surface area contributed by atoms with E-state index in [4.69, 9.17) is 4.74 Å². The SMILES string of the molecule is CN=C(NCC(C)Oc1ccccc1F)NCC1CC(=O)Nc2ccccc21.I. The van der Waals surface area contributed by atoms with Gasteiger partial charge in [0.2, 0.25) is 5.91 Å². The lowest BCUT2D eigenvalue weighted by Gasteiger charge is -2.26. The highest BCUT2D eigenvalue weighted by molar-refractivity contribution is 14.0. The molecule has 3 N–H and O–H groups in total. The van der Waals surface area contributed by atoms with Crippen LogP contribution in [0.4, 0.5) is 10.1 Å². The molecule has 29 heavy (non-hydrogen) atoms. The Morgan fingerprint density at radius 2 is 1.97 bits per heavy atom. The van der Waals surface area contributed by atoms with Crippen LogP contribution in [0.5, 0.6) is 5.75 Å². The number of guanidine groups is 1. The first-order valence-electron chi connectivity index (χ1n) is 9.31. The fourth-order valence-corrected chi connectivity index (χ4v) is 3.16. The number of carbonyl (C=O) groups excluding carboxylic acids is 1. The van der Waals surface area contributed by atoms with Crippen LogP contribution in [0.3, 0.4) is 0 Å². The van der Waals surface area contributed by atoms with E-state index in [1.807, 2.05) is 31.2 Å². The summed E-state index contributed by atoms with van der Waals surface area (Å²) >= 11 is 0. The highest BCUT2D eigenvalue weighted by atomic mass is 127. The molecule has 2 aromatic rings. The van der Waals surface area contributed by atoms with Gasteiger partial charge in [-0.2, -0.15) is 0 Å². The van der Waals surface area contributed by atoms with Crippen LogP contribution in [0.15, 0.2) is 53.5 Å². The van der Waals surface area contributed by atoms with E-state index >= 15 is 0 Å². The smallest absolute Gasteiger partial charge is 0.225 e. The van der Waals surface area contributed by atoms with Gasteiger partial charge in [-0.15, -0.1) is 24.0 Å². The molecule has 0 fully saturated rings. The molecule has 2 atom stereocenters. The van der Waals surface area contributed by atoms with E-state index < -0.39 is 0 Å². The molecule has 0 radical (unpaired) electrons. The van der Waals surface area contributed by atoms with Crippen LogP contribution in [0, 0.1) is 5.82 Å². The third-order valence-corrected chi connectivity index (χ3v) is 4.57. The van der Waals surface area contributed by atoms with Gasteiger partial charge in [0.05, 0.1) is 6.54 Å². The lowest BCUT2D eigenvalue weighted by atomic mass is 9.90. The highest BCUT2D eigenvalue weighted by Crippen LogP contribution is 2.31. The van der Waals surface area contributed by atoms with Crippen molar-refractivity contribution in [2.24, 2.45) is 4.99 Å². The number of carbonyl (C=O) groups is 1. The Labute approximate surface area is 187 Å². The number of anilines is 1. The van der Waals surface area contributed by atoms with E-state index in [0.717, 1.165) is 11.3 Å². The molecule has 3 rings (SSSR count). The Kier molecular flexibility index (Phi) is 8.69. The van der Waals surface area contributed by atoms with Gasteiger partial charge < -0.3 is 20.7 Å². The zero-order chi connectivity index (χ0) is 19.9. The van der Waals surface area contributed by atoms with Crippen LogP contribution < -0.4 is 20.7 Å². The standard InChI is InChI=1S/C21H25FN4O2.HI/c1-14(28-19-10-6-4-8-17(19)22)12-24-21(23-2)25-13-15-11-20(27)26-18-9-5-3-7-16(15)18;/h3-10,14-15H,11-13H2,1-2H3,(H,26,27)(H2,23,24,25);1H. The second kappa shape index (κ2) is 11.0. The van der Waals surface area contributed by atoms with Crippen molar-refractivity contribution >= 4 is 41.5 Å². The summed E-state index contributed by atoms with van der Waals surface area (Å²) in [6.07, 6.45) is 0.171. The van der Waals surface area contributed by atoms with Crippen molar-refractivity contribution < 1.29 is 13.9 Å². The lowest BCUT2D eigenvalue weighted by molar-refractivity contribution is -0.116. The van der Waals surface area contributed by atoms with E-state index in [1.165, 1.54) is 6.07 Å². The number of fused-ring (bicyclic) bond motifs is 1. The quantitative estimate of drug-likeness (QED) is 0.315. The van der Waals surface area contributed by atoms with Crippen molar-refractivity contribution in [2.45, 2.75) is 25.4 Å². The summed E-state index contributed by atoms with van der Waals surface area (Å²) in [5, 5.41) is 9.33. The van der Waals surface area contributed by atoms with Crippen LogP contribution >= 0.6 is 24.0 Å². The molecule has 6 nitrogen and oxygen atoms in total. The molecule has 0 aromatic heterocycles. The summed E-state index contributed by atoms with van der Waals surface area (Å²) in [6.45, 7) is 2.89. The van der Waals surface area contributed by atoms with Crippen molar-refractivity contribution in [3.8, 4) is 5.75 Å². The van der Waals surface area contributed by atoms with Gasteiger partial charge in [-0.25, -0.2) is 4.39 Å². The van der Waals surface area contributed by atoms with Gasteiger partial charge in [-0.05, 0) is 30.7 Å². The summed E-state index contributed by atoms with van der Waals surface area (Å²) in [6, 6.07) is 14.1. The molecular weight excluding hydrogens is 486 g/mol. The maximum Gasteiger partial charge on any atom is 0.225 e. The second-order valence-corrected chi connectivity index (χ2v) is 6.73. The minimum Gasteiger partial charge on any atom is -0.486 e. The van der Waals surface area contributed by atoms with E-state index in [2.05, 4.69) is 20.9 Å². The first-order valence-corrected chi connectivity index (χ1v) is 9.31. The predicted molar refractivity (Wildman–Crippen MR) is 124 cm³/mol. The number of hydrogen-bond donors (Lipinski definition) is 3. The van der Waals surface area contributed by atoms with Crippen molar-refractivity contribution in [1.82, 2.24) is 10.6 Å². The van der Waals surface area contributed by atoms with Gasteiger partial charge in [-0.1, -0.05) is 30.3 Å². The van der Waals surface area contributed by atoms with Crippen LogP contribution in [0.1, 0.15) is 24.8 Å². The molecule has 1 heterocycles. The zero-order valence-corrected chi connectivity index (χ0v) is 18.8. The third-order valence-electron chi connectivity index (χ3n) is 4.57. The number of amides is 1. The maximum absolute atomic E-state index is 13.7. The molecule has 2 aromatic carbocycles. The Hall–Kier alpha value is -2.36. The van der Waals surface area contributed by atoms with Crippen LogP contribution in [0.2, 0.25) is 0 Å². The number of hydrogen-bond acceptors (Lipinski definition) is 3.